The monoisotopic (exact) mass is 373 g/mol. The number of hydrogen-bond donors (Lipinski definition) is 0. The average Bonchev–Trinajstić information content (AvgIpc) is 3.01. The molecule has 0 atom stereocenters. The number of halogens is 2. The van der Waals surface area contributed by atoms with Crippen molar-refractivity contribution in [2.75, 3.05) is 6.61 Å². The predicted octanol–water partition coefficient (Wildman–Crippen LogP) is 5.63. The van der Waals surface area contributed by atoms with Gasteiger partial charge in [0.25, 0.3) is 0 Å². The van der Waals surface area contributed by atoms with Gasteiger partial charge >= 0.3 is 5.97 Å². The molecule has 3 rings (SSSR count). The first-order chi connectivity index (χ1) is 12.5. The number of nitrogens with zero attached hydrogens (tertiary/aromatic N) is 1. The van der Waals surface area contributed by atoms with Crippen molar-refractivity contribution in [2.24, 2.45) is 0 Å². The molecule has 3 nitrogen and oxygen atoms in total. The van der Waals surface area contributed by atoms with Crippen molar-refractivity contribution in [1.29, 1.82) is 0 Å². The number of ether oxygens (including phenoxy) is 1. The van der Waals surface area contributed by atoms with Crippen LogP contribution in [-0.4, -0.2) is 17.6 Å². The Labute approximate surface area is 154 Å². The number of hydrogen-bond acceptors (Lipinski definition) is 4. The van der Waals surface area contributed by atoms with Crippen molar-refractivity contribution in [2.45, 2.75) is 20.3 Å². The highest BCUT2D eigenvalue weighted by Gasteiger charge is 2.22. The molecule has 0 fully saturated rings. The van der Waals surface area contributed by atoms with Crippen molar-refractivity contribution < 1.29 is 18.3 Å². The molecule has 0 aliphatic carbocycles. The summed E-state index contributed by atoms with van der Waals surface area (Å²) < 4.78 is 32.8. The van der Waals surface area contributed by atoms with Crippen LogP contribution in [0, 0.1) is 18.6 Å². The van der Waals surface area contributed by atoms with Gasteiger partial charge in [-0.15, -0.1) is 11.3 Å². The molecule has 0 unspecified atom stereocenters. The molecule has 0 aliphatic rings. The first-order valence-corrected chi connectivity index (χ1v) is 9.02. The van der Waals surface area contributed by atoms with Crippen LogP contribution in [0.1, 0.15) is 29.4 Å². The molecule has 26 heavy (non-hydrogen) atoms. The zero-order valence-corrected chi connectivity index (χ0v) is 15.2. The number of thiazole rings is 1. The van der Waals surface area contributed by atoms with E-state index in [1.54, 1.807) is 19.1 Å². The van der Waals surface area contributed by atoms with Gasteiger partial charge in [0.05, 0.1) is 28.3 Å². The molecule has 0 aliphatic heterocycles. The number of carbonyl (C=O) groups excluding carboxylic acids is 1. The second-order valence-corrected chi connectivity index (χ2v) is 6.74. The van der Waals surface area contributed by atoms with Gasteiger partial charge in [0.2, 0.25) is 0 Å². The third-order valence-corrected chi connectivity index (χ3v) is 5.01. The molecular formula is C20H17F2NO2S. The molecule has 0 saturated carbocycles. The minimum atomic E-state index is -0.572. The van der Waals surface area contributed by atoms with Gasteiger partial charge in [-0.1, -0.05) is 25.1 Å². The average molecular weight is 373 g/mol. The molecule has 1 aromatic heterocycles. The molecule has 0 spiro atoms. The Bertz CT molecular complexity index is 935. The lowest BCUT2D eigenvalue weighted by Gasteiger charge is -2.08. The minimum absolute atomic E-state index is 0.134. The van der Waals surface area contributed by atoms with Crippen molar-refractivity contribution in [3.8, 4) is 21.0 Å². The van der Waals surface area contributed by atoms with E-state index in [1.165, 1.54) is 41.7 Å². The molecule has 0 N–H and O–H groups in total. The molecule has 0 bridgehead atoms. The van der Waals surface area contributed by atoms with Crippen LogP contribution in [0.5, 0.6) is 0 Å². The first-order valence-electron chi connectivity index (χ1n) is 8.20. The number of esters is 1. The van der Waals surface area contributed by atoms with E-state index in [-0.39, 0.29) is 23.6 Å². The van der Waals surface area contributed by atoms with Crippen molar-refractivity contribution in [3.63, 3.8) is 0 Å². The molecule has 3 aromatic rings. The third-order valence-electron chi connectivity index (χ3n) is 3.79. The summed E-state index contributed by atoms with van der Waals surface area (Å²) in [5.74, 6) is -1.43. The van der Waals surface area contributed by atoms with Crippen LogP contribution in [0.3, 0.4) is 0 Å². The summed E-state index contributed by atoms with van der Waals surface area (Å²) in [5, 5.41) is 0.392. The highest BCUT2D eigenvalue weighted by atomic mass is 32.1. The lowest BCUT2D eigenvalue weighted by atomic mass is 10.1. The predicted molar refractivity (Wildman–Crippen MR) is 98.2 cm³/mol. The van der Waals surface area contributed by atoms with Crippen molar-refractivity contribution in [3.05, 3.63) is 65.4 Å². The van der Waals surface area contributed by atoms with E-state index in [9.17, 15) is 13.6 Å². The quantitative estimate of drug-likeness (QED) is 0.544. The second kappa shape index (κ2) is 7.74. The smallest absolute Gasteiger partial charge is 0.338 e. The number of carbonyl (C=O) groups is 1. The molecule has 0 amide bonds. The Hall–Kier alpha value is -2.60. The van der Waals surface area contributed by atoms with E-state index in [2.05, 4.69) is 4.98 Å². The molecule has 134 valence electrons. The van der Waals surface area contributed by atoms with Gasteiger partial charge in [-0.3, -0.25) is 0 Å². The summed E-state index contributed by atoms with van der Waals surface area (Å²) in [6.07, 6.45) is 0.682. The van der Waals surface area contributed by atoms with Crippen molar-refractivity contribution >= 4 is 17.3 Å². The third kappa shape index (κ3) is 3.65. The van der Waals surface area contributed by atoms with Crippen LogP contribution < -0.4 is 0 Å². The van der Waals surface area contributed by atoms with E-state index in [4.69, 9.17) is 4.74 Å². The summed E-state index contributed by atoms with van der Waals surface area (Å²) in [7, 11) is 0. The fourth-order valence-electron chi connectivity index (χ4n) is 2.56. The van der Waals surface area contributed by atoms with Gasteiger partial charge < -0.3 is 4.74 Å². The van der Waals surface area contributed by atoms with E-state index in [0.29, 0.717) is 17.1 Å². The van der Waals surface area contributed by atoms with E-state index >= 15 is 0 Å². The normalized spacial score (nSPS) is 10.8. The highest BCUT2D eigenvalue weighted by molar-refractivity contribution is 7.18. The fraction of sp³-hybridized carbons (Fsp3) is 0.200. The number of aryl methyl sites for hydroxylation is 1. The topological polar surface area (TPSA) is 39.2 Å². The summed E-state index contributed by atoms with van der Waals surface area (Å²) in [6.45, 7) is 3.96. The lowest BCUT2D eigenvalue weighted by Crippen LogP contribution is -2.08. The molecule has 1 heterocycles. The van der Waals surface area contributed by atoms with Gasteiger partial charge in [-0.2, -0.15) is 0 Å². The van der Waals surface area contributed by atoms with Crippen molar-refractivity contribution in [1.82, 2.24) is 4.98 Å². The zero-order valence-electron chi connectivity index (χ0n) is 14.4. The van der Waals surface area contributed by atoms with E-state index in [0.717, 1.165) is 10.4 Å². The molecule has 0 radical (unpaired) electrons. The molecular weight excluding hydrogens is 356 g/mol. The van der Waals surface area contributed by atoms with Crippen LogP contribution in [0.15, 0.2) is 42.5 Å². The lowest BCUT2D eigenvalue weighted by molar-refractivity contribution is 0.0505. The van der Waals surface area contributed by atoms with Crippen LogP contribution >= 0.6 is 11.3 Å². The Morgan fingerprint density at radius 2 is 1.88 bits per heavy atom. The fourth-order valence-corrected chi connectivity index (χ4v) is 3.69. The summed E-state index contributed by atoms with van der Waals surface area (Å²) in [6, 6.07) is 10.3. The molecule has 6 heteroatoms. The Morgan fingerprint density at radius 1 is 1.15 bits per heavy atom. The van der Waals surface area contributed by atoms with E-state index < -0.39 is 11.8 Å². The molecule has 2 aromatic carbocycles. The maximum Gasteiger partial charge on any atom is 0.338 e. The van der Waals surface area contributed by atoms with Gasteiger partial charge in [0.15, 0.2) is 0 Å². The van der Waals surface area contributed by atoms with Gasteiger partial charge in [-0.05, 0) is 43.2 Å². The van der Waals surface area contributed by atoms with Gasteiger partial charge in [-0.25, -0.2) is 18.6 Å². The Morgan fingerprint density at radius 3 is 2.58 bits per heavy atom. The largest absolute Gasteiger partial charge is 0.462 e. The Balaban J connectivity index is 2.06. The molecule has 0 saturated heterocycles. The van der Waals surface area contributed by atoms with Crippen LogP contribution in [0.25, 0.3) is 21.0 Å². The van der Waals surface area contributed by atoms with Crippen LogP contribution in [-0.2, 0) is 4.74 Å². The second-order valence-electron chi connectivity index (χ2n) is 5.74. The summed E-state index contributed by atoms with van der Waals surface area (Å²) in [4.78, 5) is 17.5. The maximum absolute atomic E-state index is 14.5. The van der Waals surface area contributed by atoms with Gasteiger partial charge in [0.1, 0.15) is 16.6 Å². The Kier molecular flexibility index (Phi) is 5.42. The maximum atomic E-state index is 14.5. The number of aromatic nitrogens is 1. The highest BCUT2D eigenvalue weighted by Crippen LogP contribution is 2.37. The SMILES string of the molecule is CCCOC(=O)c1cccc(F)c1-c1nc(C)c(-c2ccc(F)cc2)s1. The van der Waals surface area contributed by atoms with Crippen LogP contribution in [0.4, 0.5) is 8.78 Å². The number of rotatable bonds is 5. The minimum Gasteiger partial charge on any atom is -0.462 e. The zero-order chi connectivity index (χ0) is 18.7. The standard InChI is InChI=1S/C20H17F2NO2S/c1-3-11-25-20(24)15-5-4-6-16(22)17(15)19-23-12(2)18(26-19)13-7-9-14(21)10-8-13/h4-10H,3,11H2,1-2H3. The van der Waals surface area contributed by atoms with Crippen LogP contribution in [0.2, 0.25) is 0 Å². The van der Waals surface area contributed by atoms with E-state index in [1.807, 2.05) is 6.92 Å². The first kappa shape index (κ1) is 18.2. The van der Waals surface area contributed by atoms with Gasteiger partial charge in [0, 0.05) is 0 Å². The summed E-state index contributed by atoms with van der Waals surface area (Å²) >= 11 is 1.26. The number of benzene rings is 2. The summed E-state index contributed by atoms with van der Waals surface area (Å²) in [5.41, 5.74) is 1.76.